The van der Waals surface area contributed by atoms with Crippen molar-refractivity contribution in [2.24, 2.45) is 0 Å². The highest BCUT2D eigenvalue weighted by atomic mass is 35.5. The first kappa shape index (κ1) is 16.5. The Bertz CT molecular complexity index is 630. The van der Waals surface area contributed by atoms with Crippen molar-refractivity contribution in [3.8, 4) is 0 Å². The van der Waals surface area contributed by atoms with E-state index < -0.39 is 0 Å². The number of halogens is 1. The zero-order valence-electron chi connectivity index (χ0n) is 12.7. The van der Waals surface area contributed by atoms with Crippen LogP contribution in [-0.2, 0) is 24.3 Å². The lowest BCUT2D eigenvalue weighted by Gasteiger charge is -2.29. The molecule has 1 unspecified atom stereocenters. The third-order valence-corrected chi connectivity index (χ3v) is 4.02. The Morgan fingerprint density at radius 3 is 2.45 bits per heavy atom. The molecule has 0 saturated carbocycles. The molecular formula is C18H21ClN2O. The van der Waals surface area contributed by atoms with Crippen LogP contribution < -0.4 is 5.32 Å². The van der Waals surface area contributed by atoms with Gasteiger partial charge in [0.15, 0.2) is 0 Å². The summed E-state index contributed by atoms with van der Waals surface area (Å²) < 4.78 is 0. The van der Waals surface area contributed by atoms with Crippen LogP contribution >= 0.6 is 12.4 Å². The Morgan fingerprint density at radius 1 is 1.09 bits per heavy atom. The molecule has 0 saturated heterocycles. The van der Waals surface area contributed by atoms with Crippen LogP contribution in [0.3, 0.4) is 0 Å². The lowest BCUT2D eigenvalue weighted by molar-refractivity contribution is -0.132. The largest absolute Gasteiger partial charge is 0.340 e. The van der Waals surface area contributed by atoms with Gasteiger partial charge in [-0.1, -0.05) is 54.6 Å². The topological polar surface area (TPSA) is 32.3 Å². The molecular weight excluding hydrogens is 296 g/mol. The van der Waals surface area contributed by atoms with E-state index in [4.69, 9.17) is 0 Å². The van der Waals surface area contributed by atoms with Crippen molar-refractivity contribution in [1.29, 1.82) is 0 Å². The van der Waals surface area contributed by atoms with Gasteiger partial charge in [-0.2, -0.15) is 0 Å². The number of nitrogens with zero attached hydrogens (tertiary/aromatic N) is 1. The summed E-state index contributed by atoms with van der Waals surface area (Å²) in [6, 6.07) is 18.3. The van der Waals surface area contributed by atoms with Crippen LogP contribution in [0.5, 0.6) is 0 Å². The van der Waals surface area contributed by atoms with Gasteiger partial charge in [0.2, 0.25) is 5.91 Å². The fourth-order valence-electron chi connectivity index (χ4n) is 2.83. The molecule has 116 valence electrons. The summed E-state index contributed by atoms with van der Waals surface area (Å²) in [4.78, 5) is 14.4. The second-order valence-electron chi connectivity index (χ2n) is 5.59. The van der Waals surface area contributed by atoms with Gasteiger partial charge in [-0.05, 0) is 23.1 Å². The number of rotatable bonds is 3. The average Bonchev–Trinajstić information content (AvgIpc) is 2.54. The minimum Gasteiger partial charge on any atom is -0.340 e. The van der Waals surface area contributed by atoms with Crippen LogP contribution in [0, 0.1) is 0 Å². The molecule has 1 atom stereocenters. The van der Waals surface area contributed by atoms with Gasteiger partial charge >= 0.3 is 0 Å². The summed E-state index contributed by atoms with van der Waals surface area (Å²) in [6.07, 6.45) is 0.772. The summed E-state index contributed by atoms with van der Waals surface area (Å²) in [7, 11) is 1.87. The maximum absolute atomic E-state index is 12.6. The molecule has 0 aliphatic carbocycles. The Kier molecular flexibility index (Phi) is 5.58. The van der Waals surface area contributed by atoms with Gasteiger partial charge in [0.1, 0.15) is 0 Å². The van der Waals surface area contributed by atoms with E-state index in [1.165, 1.54) is 11.1 Å². The standard InChI is InChI=1S/C18H20N2O.ClH/c1-20(13-14-7-3-2-4-8-14)18(21)17-11-15-9-5-6-10-16(15)12-19-17;/h2-10,17,19H,11-13H2,1H3;1H. The number of nitrogens with one attached hydrogen (secondary N) is 1. The molecule has 1 N–H and O–H groups in total. The smallest absolute Gasteiger partial charge is 0.240 e. The van der Waals surface area contributed by atoms with Crippen LogP contribution in [0.2, 0.25) is 0 Å². The van der Waals surface area contributed by atoms with E-state index in [0.29, 0.717) is 6.54 Å². The molecule has 1 aliphatic rings. The van der Waals surface area contributed by atoms with E-state index in [-0.39, 0.29) is 24.4 Å². The van der Waals surface area contributed by atoms with Crippen LogP contribution in [-0.4, -0.2) is 23.9 Å². The van der Waals surface area contributed by atoms with Crippen molar-refractivity contribution in [2.75, 3.05) is 7.05 Å². The fraction of sp³-hybridized carbons (Fsp3) is 0.278. The number of hydrogen-bond donors (Lipinski definition) is 1. The molecule has 0 fully saturated rings. The van der Waals surface area contributed by atoms with Gasteiger partial charge in [0, 0.05) is 20.1 Å². The van der Waals surface area contributed by atoms with Gasteiger partial charge < -0.3 is 10.2 Å². The summed E-state index contributed by atoms with van der Waals surface area (Å²) in [6.45, 7) is 1.42. The minimum absolute atomic E-state index is 0. The minimum atomic E-state index is -0.117. The first-order valence-corrected chi connectivity index (χ1v) is 7.33. The van der Waals surface area contributed by atoms with Crippen molar-refractivity contribution in [3.05, 3.63) is 71.3 Å². The zero-order valence-corrected chi connectivity index (χ0v) is 13.5. The highest BCUT2D eigenvalue weighted by Gasteiger charge is 2.26. The number of carbonyl (C=O) groups is 1. The van der Waals surface area contributed by atoms with Crippen molar-refractivity contribution < 1.29 is 4.79 Å². The van der Waals surface area contributed by atoms with Gasteiger partial charge in [-0.15, -0.1) is 12.4 Å². The molecule has 22 heavy (non-hydrogen) atoms. The predicted molar refractivity (Wildman–Crippen MR) is 90.9 cm³/mol. The average molecular weight is 317 g/mol. The van der Waals surface area contributed by atoms with Gasteiger partial charge in [-0.3, -0.25) is 4.79 Å². The van der Waals surface area contributed by atoms with E-state index in [1.807, 2.05) is 49.5 Å². The summed E-state index contributed by atoms with van der Waals surface area (Å²) in [5.41, 5.74) is 3.74. The van der Waals surface area contributed by atoms with Crippen LogP contribution in [0.4, 0.5) is 0 Å². The van der Waals surface area contributed by atoms with E-state index in [1.54, 1.807) is 4.90 Å². The third-order valence-electron chi connectivity index (χ3n) is 4.02. The van der Waals surface area contributed by atoms with E-state index in [2.05, 4.69) is 17.4 Å². The maximum atomic E-state index is 12.6. The lowest BCUT2D eigenvalue weighted by Crippen LogP contribution is -2.48. The molecule has 0 radical (unpaired) electrons. The number of likely N-dealkylation sites (N-methyl/N-ethyl adjacent to an activating group) is 1. The van der Waals surface area contributed by atoms with E-state index >= 15 is 0 Å². The highest BCUT2D eigenvalue weighted by Crippen LogP contribution is 2.17. The molecule has 1 amide bonds. The molecule has 2 aromatic rings. The second-order valence-corrected chi connectivity index (χ2v) is 5.59. The molecule has 0 bridgehead atoms. The van der Waals surface area contributed by atoms with Crippen LogP contribution in [0.25, 0.3) is 0 Å². The number of benzene rings is 2. The van der Waals surface area contributed by atoms with Gasteiger partial charge in [0.05, 0.1) is 6.04 Å². The summed E-state index contributed by atoms with van der Waals surface area (Å²) in [5.74, 6) is 0.161. The number of fused-ring (bicyclic) bond motifs is 1. The molecule has 1 heterocycles. The maximum Gasteiger partial charge on any atom is 0.240 e. The zero-order chi connectivity index (χ0) is 14.7. The first-order chi connectivity index (χ1) is 10.2. The molecule has 0 aromatic heterocycles. The Labute approximate surface area is 137 Å². The molecule has 0 spiro atoms. The van der Waals surface area contributed by atoms with E-state index in [0.717, 1.165) is 18.5 Å². The first-order valence-electron chi connectivity index (χ1n) is 7.33. The second kappa shape index (κ2) is 7.43. The van der Waals surface area contributed by atoms with Crippen LogP contribution in [0.15, 0.2) is 54.6 Å². The normalized spacial score (nSPS) is 16.3. The van der Waals surface area contributed by atoms with Crippen molar-refractivity contribution in [2.45, 2.75) is 25.6 Å². The molecule has 3 nitrogen and oxygen atoms in total. The fourth-order valence-corrected chi connectivity index (χ4v) is 2.83. The van der Waals surface area contributed by atoms with Crippen LogP contribution in [0.1, 0.15) is 16.7 Å². The third kappa shape index (κ3) is 3.67. The Hall–Kier alpha value is -1.84. The molecule has 3 rings (SSSR count). The van der Waals surface area contributed by atoms with Gasteiger partial charge in [0.25, 0.3) is 0 Å². The Balaban J connectivity index is 0.00000176. The molecule has 1 aliphatic heterocycles. The molecule has 2 aromatic carbocycles. The SMILES string of the molecule is CN(Cc1ccccc1)C(=O)C1Cc2ccccc2CN1.Cl. The van der Waals surface area contributed by atoms with Crippen molar-refractivity contribution in [3.63, 3.8) is 0 Å². The van der Waals surface area contributed by atoms with E-state index in [9.17, 15) is 4.79 Å². The lowest BCUT2D eigenvalue weighted by atomic mass is 9.95. The van der Waals surface area contributed by atoms with Crippen molar-refractivity contribution >= 4 is 18.3 Å². The monoisotopic (exact) mass is 316 g/mol. The number of amides is 1. The highest BCUT2D eigenvalue weighted by molar-refractivity contribution is 5.85. The predicted octanol–water partition coefficient (Wildman–Crippen LogP) is 2.78. The summed E-state index contributed by atoms with van der Waals surface area (Å²) in [5, 5.41) is 3.35. The summed E-state index contributed by atoms with van der Waals surface area (Å²) >= 11 is 0. The number of hydrogen-bond acceptors (Lipinski definition) is 2. The number of carbonyl (C=O) groups excluding carboxylic acids is 1. The molecule has 4 heteroatoms. The van der Waals surface area contributed by atoms with Crippen molar-refractivity contribution in [1.82, 2.24) is 10.2 Å². The quantitative estimate of drug-likeness (QED) is 0.944. The Morgan fingerprint density at radius 2 is 1.73 bits per heavy atom. The van der Waals surface area contributed by atoms with Gasteiger partial charge in [-0.25, -0.2) is 0 Å².